The van der Waals surface area contributed by atoms with Crippen LogP contribution in [0.15, 0.2) is 36.5 Å². The Labute approximate surface area is 451 Å². The van der Waals surface area contributed by atoms with E-state index < -0.39 is 120 Å². The number of Topliss-reactive ketones (excluding diaryl/α,β-unsaturated/α-hetero) is 1. The van der Waals surface area contributed by atoms with Crippen LogP contribution in [-0.4, -0.2) is 202 Å². The van der Waals surface area contributed by atoms with Crippen molar-refractivity contribution in [2.24, 2.45) is 29.6 Å². The molecule has 6 rings (SSSR count). The number of esters is 1. The lowest BCUT2D eigenvalue weighted by atomic mass is 9.67. The zero-order valence-corrected chi connectivity index (χ0v) is 48.0. The summed E-state index contributed by atoms with van der Waals surface area (Å²) in [5.74, 6) is -5.13. The van der Waals surface area contributed by atoms with Gasteiger partial charge in [0.15, 0.2) is 6.29 Å². The van der Waals surface area contributed by atoms with Gasteiger partial charge in [-0.25, -0.2) is 4.68 Å². The molecule has 19 nitrogen and oxygen atoms in total. The van der Waals surface area contributed by atoms with Crippen molar-refractivity contribution in [2.45, 2.75) is 198 Å². The molecule has 4 aliphatic rings. The van der Waals surface area contributed by atoms with Gasteiger partial charge in [0.2, 0.25) is 0 Å². The van der Waals surface area contributed by atoms with Crippen molar-refractivity contribution in [3.8, 4) is 0 Å². The average molecular weight is 1070 g/mol. The number of nitrogens with zero attached hydrogens (tertiary/aromatic N) is 5. The maximum Gasteiger partial charge on any atom is 0.309 e. The molecule has 0 saturated carbocycles. The highest BCUT2D eigenvalue weighted by atomic mass is 16.7. The molecule has 1 aromatic carbocycles. The predicted octanol–water partition coefficient (Wildman–Crippen LogP) is 4.56. The van der Waals surface area contributed by atoms with Crippen molar-refractivity contribution in [3.63, 3.8) is 0 Å². The summed E-state index contributed by atoms with van der Waals surface area (Å²) in [6.07, 6.45) is -3.01. The Kier molecular flexibility index (Phi) is 21.1. The first-order valence-electron chi connectivity index (χ1n) is 27.6. The lowest BCUT2D eigenvalue weighted by molar-refractivity contribution is -0.305. The molecule has 0 radical (unpaired) electrons. The van der Waals surface area contributed by atoms with Crippen LogP contribution in [0, 0.1) is 29.6 Å². The molecular formula is C57H93N5O14. The minimum atomic E-state index is -1.99. The zero-order valence-electron chi connectivity index (χ0n) is 48.0. The normalized spacial score (nSPS) is 39.5. The van der Waals surface area contributed by atoms with Gasteiger partial charge in [-0.2, -0.15) is 0 Å². The summed E-state index contributed by atoms with van der Waals surface area (Å²) in [6, 6.07) is 7.27. The molecule has 0 aliphatic carbocycles. The van der Waals surface area contributed by atoms with Crippen LogP contribution in [0.25, 0.3) is 5.57 Å². The van der Waals surface area contributed by atoms with Gasteiger partial charge in [-0.3, -0.25) is 9.59 Å². The molecule has 430 valence electrons. The highest BCUT2D eigenvalue weighted by Gasteiger charge is 2.56. The van der Waals surface area contributed by atoms with Gasteiger partial charge in [-0.15, -0.1) is 5.10 Å². The average Bonchev–Trinajstić information content (AvgIpc) is 3.87. The van der Waals surface area contributed by atoms with E-state index in [0.717, 1.165) is 30.6 Å². The van der Waals surface area contributed by atoms with Crippen LogP contribution in [0.3, 0.4) is 0 Å². The summed E-state index contributed by atoms with van der Waals surface area (Å²) in [5, 5.41) is 67.0. The van der Waals surface area contributed by atoms with Crippen molar-refractivity contribution < 1.29 is 68.3 Å². The fourth-order valence-corrected chi connectivity index (χ4v) is 12.9. The van der Waals surface area contributed by atoms with Crippen molar-refractivity contribution in [3.05, 3.63) is 53.4 Å². The molecule has 1 aromatic heterocycles. The fourth-order valence-electron chi connectivity index (χ4n) is 12.9. The molecule has 1 unspecified atom stereocenters. The van der Waals surface area contributed by atoms with Gasteiger partial charge in [0.1, 0.15) is 41.8 Å². The summed E-state index contributed by atoms with van der Waals surface area (Å²) in [4.78, 5) is 33.4. The number of benzene rings is 1. The number of hydrogen-bond donors (Lipinski definition) is 5. The number of likely N-dealkylation sites (N-methyl/N-ethyl adjacent to an activating group) is 2. The van der Waals surface area contributed by atoms with Crippen LogP contribution in [0.1, 0.15) is 130 Å². The molecule has 5 N–H and O–H groups in total. The Morgan fingerprint density at radius 1 is 0.921 bits per heavy atom. The summed E-state index contributed by atoms with van der Waals surface area (Å²) in [6.45, 7) is 19.6. The number of carbonyl (C=O) groups excluding carboxylic acids is 2. The third-order valence-corrected chi connectivity index (χ3v) is 17.9. The smallest absolute Gasteiger partial charge is 0.309 e. The second kappa shape index (κ2) is 25.9. The fraction of sp³-hybridized carbons (Fsp3) is 0.789. The number of cyclic esters (lactones) is 1. The maximum atomic E-state index is 14.7. The predicted molar refractivity (Wildman–Crippen MR) is 285 cm³/mol. The Balaban J connectivity index is 1.27. The van der Waals surface area contributed by atoms with Crippen LogP contribution in [0.5, 0.6) is 0 Å². The SMILES string of the molecule is CC[C@H]1OC(=O)[C@H](C)[C@@H](C2C[C@@](C)(OC)[C@@H](O)[C@H](C)O2)[C@H](C)[C@@H](O[C@@H]2O[C@H](C)C[C@H](N(C)CCc3cn([C@H](CO)[C@H](OC)c4ccc(C5=CCCN(C)C5)cc4)nn3)[C@H]2O)[C@](C)(OC)C[C@@H](C)C(=O)[C@H](C)[C@@H](O)[C@]1(C)O. The Bertz CT molecular complexity index is 2230. The van der Waals surface area contributed by atoms with E-state index in [-0.39, 0.29) is 37.8 Å². The molecule has 0 amide bonds. The molecule has 19 heteroatoms. The molecule has 5 heterocycles. The topological polar surface area (TPSA) is 237 Å². The summed E-state index contributed by atoms with van der Waals surface area (Å²) in [7, 11) is 8.73. The van der Waals surface area contributed by atoms with Crippen LogP contribution < -0.4 is 0 Å². The van der Waals surface area contributed by atoms with Gasteiger partial charge in [0.25, 0.3) is 0 Å². The second-order valence-corrected chi connectivity index (χ2v) is 23.5. The van der Waals surface area contributed by atoms with Crippen LogP contribution in [-0.2, 0) is 49.2 Å². The van der Waals surface area contributed by atoms with Crippen LogP contribution in [0.2, 0.25) is 0 Å². The van der Waals surface area contributed by atoms with Gasteiger partial charge in [-0.1, -0.05) is 70.2 Å². The third kappa shape index (κ3) is 13.3. The molecule has 4 aliphatic heterocycles. The number of ether oxygens (including phenoxy) is 7. The summed E-state index contributed by atoms with van der Waals surface area (Å²) in [5.41, 5.74) is -0.327. The number of aromatic nitrogens is 3. The monoisotopic (exact) mass is 1070 g/mol. The molecule has 76 heavy (non-hydrogen) atoms. The first-order chi connectivity index (χ1) is 35.8. The number of carbonyl (C=O) groups is 2. The van der Waals surface area contributed by atoms with E-state index in [9.17, 15) is 35.1 Å². The van der Waals surface area contributed by atoms with E-state index >= 15 is 0 Å². The Morgan fingerprint density at radius 3 is 2.20 bits per heavy atom. The van der Waals surface area contributed by atoms with E-state index in [0.29, 0.717) is 25.1 Å². The number of hydrogen-bond acceptors (Lipinski definition) is 18. The lowest BCUT2D eigenvalue weighted by Crippen LogP contribution is -2.62. The highest BCUT2D eigenvalue weighted by Crippen LogP contribution is 2.46. The Morgan fingerprint density at radius 2 is 1.59 bits per heavy atom. The highest BCUT2D eigenvalue weighted by molar-refractivity contribution is 5.83. The van der Waals surface area contributed by atoms with Gasteiger partial charge < -0.3 is 68.5 Å². The van der Waals surface area contributed by atoms with Gasteiger partial charge in [0.05, 0.1) is 59.9 Å². The quantitative estimate of drug-likeness (QED) is 0.145. The molecule has 3 fully saturated rings. The Hall–Kier alpha value is -3.28. The first-order valence-corrected chi connectivity index (χ1v) is 27.6. The van der Waals surface area contributed by atoms with Gasteiger partial charge in [0, 0.05) is 83.8 Å². The number of aliphatic hydroxyl groups is 5. The zero-order chi connectivity index (χ0) is 56.2. The van der Waals surface area contributed by atoms with Crippen molar-refractivity contribution in [1.29, 1.82) is 0 Å². The molecule has 0 spiro atoms. The summed E-state index contributed by atoms with van der Waals surface area (Å²) >= 11 is 0. The number of rotatable bonds is 16. The number of methoxy groups -OCH3 is 3. The van der Waals surface area contributed by atoms with Crippen LogP contribution >= 0.6 is 0 Å². The minimum Gasteiger partial charge on any atom is -0.459 e. The standard InChI is InChI=1S/C57H93N5O14/c1-16-45-57(10,69)50(66)36(6)47(64)32(2)27-56(9,72-15)52(34(4)46(35(5)53(68)75-45)44-28-55(8,71-14)51(67)37(7)74-44)76-54-48(65)42(26-33(3)73-54)61(12)25-23-41-30-62(59-58-41)43(31-63)49(70-13)39-21-19-38(20-22-39)40-18-17-24-60(11)29-40/h18-22,30,32-37,42-46,48-52,54,63,65-67,69H,16-17,23-29,31H2,1-15H3/t32-,33-,34+,35-,36+,37+,42+,43-,44?,45-,46+,48-,49-,50-,51+,52-,54+,55-,56-,57-/m1/s1. The largest absolute Gasteiger partial charge is 0.459 e. The van der Waals surface area contributed by atoms with E-state index in [2.05, 4.69) is 45.4 Å². The molecule has 20 atom stereocenters. The van der Waals surface area contributed by atoms with Gasteiger partial charge in [-0.05, 0) is 97.0 Å². The van der Waals surface area contributed by atoms with Crippen molar-refractivity contribution >= 4 is 17.3 Å². The van der Waals surface area contributed by atoms with Crippen molar-refractivity contribution in [1.82, 2.24) is 24.8 Å². The number of ketones is 1. The molecular weight excluding hydrogens is 979 g/mol. The molecule has 0 bridgehead atoms. The minimum absolute atomic E-state index is 0.0864. The third-order valence-electron chi connectivity index (χ3n) is 17.9. The first kappa shape index (κ1) is 61.9. The molecule has 2 aromatic rings. The van der Waals surface area contributed by atoms with Crippen LogP contribution in [0.4, 0.5) is 0 Å². The maximum absolute atomic E-state index is 14.7. The van der Waals surface area contributed by atoms with Crippen molar-refractivity contribution in [2.75, 3.05) is 61.7 Å². The van der Waals surface area contributed by atoms with E-state index in [1.165, 1.54) is 26.7 Å². The second-order valence-electron chi connectivity index (χ2n) is 23.5. The number of aliphatic hydroxyl groups excluding tert-OH is 4. The molecule has 3 saturated heterocycles. The lowest BCUT2D eigenvalue weighted by Gasteiger charge is -2.52. The van der Waals surface area contributed by atoms with E-state index in [1.54, 1.807) is 53.3 Å². The van der Waals surface area contributed by atoms with Gasteiger partial charge >= 0.3 is 5.97 Å². The summed E-state index contributed by atoms with van der Waals surface area (Å²) < 4.78 is 46.5. The van der Waals surface area contributed by atoms with E-state index in [4.69, 9.17) is 33.2 Å². The van der Waals surface area contributed by atoms with E-state index in [1.807, 2.05) is 46.1 Å².